The van der Waals surface area contributed by atoms with Crippen LogP contribution in [-0.4, -0.2) is 17.9 Å². The van der Waals surface area contributed by atoms with E-state index in [1.54, 1.807) is 12.3 Å². The van der Waals surface area contributed by atoms with Gasteiger partial charge < -0.3 is 10.6 Å². The summed E-state index contributed by atoms with van der Waals surface area (Å²) in [4.78, 5) is 17.1. The predicted octanol–water partition coefficient (Wildman–Crippen LogP) is 2.58. The number of anilines is 1. The Morgan fingerprint density at radius 3 is 2.79 bits per heavy atom. The standard InChI is InChI=1S/C14H14BrN3O/c1-18(9-10-4-2-3-5-12(10)15)11-6-7-17-13(8-11)14(16)19/h2-8H,9H2,1H3,(H2,16,19). The number of nitrogens with two attached hydrogens (primary N) is 1. The minimum absolute atomic E-state index is 0.275. The quantitative estimate of drug-likeness (QED) is 0.942. The number of halogens is 1. The molecule has 1 heterocycles. The summed E-state index contributed by atoms with van der Waals surface area (Å²) >= 11 is 3.52. The van der Waals surface area contributed by atoms with Crippen LogP contribution in [-0.2, 0) is 6.54 Å². The van der Waals surface area contributed by atoms with Crippen LogP contribution in [0.1, 0.15) is 16.1 Å². The smallest absolute Gasteiger partial charge is 0.267 e. The van der Waals surface area contributed by atoms with Crippen LogP contribution in [0.15, 0.2) is 47.1 Å². The van der Waals surface area contributed by atoms with Gasteiger partial charge in [-0.1, -0.05) is 34.1 Å². The largest absolute Gasteiger partial charge is 0.370 e. The molecule has 0 spiro atoms. The Balaban J connectivity index is 2.20. The second kappa shape index (κ2) is 5.84. The Labute approximate surface area is 120 Å². The molecular weight excluding hydrogens is 306 g/mol. The summed E-state index contributed by atoms with van der Waals surface area (Å²) in [6.45, 7) is 0.726. The van der Waals surface area contributed by atoms with Crippen LogP contribution in [0.3, 0.4) is 0 Å². The highest BCUT2D eigenvalue weighted by Gasteiger charge is 2.08. The van der Waals surface area contributed by atoms with E-state index in [-0.39, 0.29) is 5.69 Å². The molecule has 19 heavy (non-hydrogen) atoms. The number of pyridine rings is 1. The highest BCUT2D eigenvalue weighted by Crippen LogP contribution is 2.21. The van der Waals surface area contributed by atoms with Gasteiger partial charge >= 0.3 is 0 Å². The van der Waals surface area contributed by atoms with Gasteiger partial charge in [0.05, 0.1) is 0 Å². The SMILES string of the molecule is CN(Cc1ccccc1Br)c1ccnc(C(N)=O)c1. The fourth-order valence-corrected chi connectivity index (χ4v) is 2.18. The normalized spacial score (nSPS) is 10.2. The van der Waals surface area contributed by atoms with Crippen molar-refractivity contribution in [1.29, 1.82) is 0 Å². The van der Waals surface area contributed by atoms with E-state index in [2.05, 4.69) is 27.0 Å². The number of hydrogen-bond donors (Lipinski definition) is 1. The Morgan fingerprint density at radius 1 is 1.37 bits per heavy atom. The number of hydrogen-bond acceptors (Lipinski definition) is 3. The molecule has 0 atom stereocenters. The number of rotatable bonds is 4. The number of aromatic nitrogens is 1. The van der Waals surface area contributed by atoms with E-state index in [1.165, 1.54) is 5.56 Å². The van der Waals surface area contributed by atoms with E-state index in [9.17, 15) is 4.79 Å². The van der Waals surface area contributed by atoms with Crippen LogP contribution in [0, 0.1) is 0 Å². The van der Waals surface area contributed by atoms with E-state index in [1.807, 2.05) is 36.2 Å². The third kappa shape index (κ3) is 3.32. The molecule has 1 aromatic carbocycles. The zero-order chi connectivity index (χ0) is 13.8. The van der Waals surface area contributed by atoms with Crippen LogP contribution >= 0.6 is 15.9 Å². The summed E-state index contributed by atoms with van der Waals surface area (Å²) in [5.41, 5.74) is 7.58. The summed E-state index contributed by atoms with van der Waals surface area (Å²) in [6, 6.07) is 11.6. The van der Waals surface area contributed by atoms with E-state index in [0.717, 1.165) is 16.7 Å². The summed E-state index contributed by atoms with van der Waals surface area (Å²) in [7, 11) is 1.96. The van der Waals surface area contributed by atoms with Crippen molar-refractivity contribution in [1.82, 2.24) is 4.98 Å². The molecule has 2 aromatic rings. The number of carbonyl (C=O) groups excluding carboxylic acids is 1. The summed E-state index contributed by atoms with van der Waals surface area (Å²) in [5, 5.41) is 0. The van der Waals surface area contributed by atoms with Crippen LogP contribution in [0.2, 0.25) is 0 Å². The number of primary amides is 1. The first kappa shape index (κ1) is 13.5. The first-order chi connectivity index (χ1) is 9.08. The molecule has 0 unspecified atom stereocenters. The van der Waals surface area contributed by atoms with Gasteiger partial charge in [-0.25, -0.2) is 0 Å². The van der Waals surface area contributed by atoms with Crippen LogP contribution < -0.4 is 10.6 Å². The van der Waals surface area contributed by atoms with Gasteiger partial charge in [-0.3, -0.25) is 9.78 Å². The van der Waals surface area contributed by atoms with Crippen molar-refractivity contribution in [2.24, 2.45) is 5.73 Å². The predicted molar refractivity (Wildman–Crippen MR) is 79.0 cm³/mol. The lowest BCUT2D eigenvalue weighted by Crippen LogP contribution is -2.19. The molecule has 0 bridgehead atoms. The molecule has 1 aromatic heterocycles. The maximum absolute atomic E-state index is 11.1. The fourth-order valence-electron chi connectivity index (χ4n) is 1.77. The average Bonchev–Trinajstić information content (AvgIpc) is 2.41. The Kier molecular flexibility index (Phi) is 4.16. The van der Waals surface area contributed by atoms with Crippen molar-refractivity contribution in [3.8, 4) is 0 Å². The van der Waals surface area contributed by atoms with E-state index in [4.69, 9.17) is 5.73 Å². The van der Waals surface area contributed by atoms with Crippen LogP contribution in [0.25, 0.3) is 0 Å². The van der Waals surface area contributed by atoms with Crippen molar-refractivity contribution in [3.63, 3.8) is 0 Å². The number of benzene rings is 1. The topological polar surface area (TPSA) is 59.2 Å². The number of amides is 1. The van der Waals surface area contributed by atoms with Crippen LogP contribution in [0.4, 0.5) is 5.69 Å². The van der Waals surface area contributed by atoms with Crippen molar-refractivity contribution in [2.45, 2.75) is 6.54 Å². The third-order valence-corrected chi connectivity index (χ3v) is 3.58. The molecule has 0 aliphatic rings. The summed E-state index contributed by atoms with van der Waals surface area (Å²) < 4.78 is 1.06. The Bertz CT molecular complexity index is 601. The molecule has 2 N–H and O–H groups in total. The average molecular weight is 320 g/mol. The van der Waals surface area contributed by atoms with Gasteiger partial charge in [0.1, 0.15) is 5.69 Å². The number of carbonyl (C=O) groups is 1. The molecule has 1 amide bonds. The monoisotopic (exact) mass is 319 g/mol. The molecule has 0 aliphatic heterocycles. The number of nitrogens with zero attached hydrogens (tertiary/aromatic N) is 2. The zero-order valence-electron chi connectivity index (χ0n) is 10.5. The second-order valence-corrected chi connectivity index (χ2v) is 5.07. The summed E-state index contributed by atoms with van der Waals surface area (Å²) in [5.74, 6) is -0.517. The lowest BCUT2D eigenvalue weighted by Gasteiger charge is -2.20. The molecule has 2 rings (SSSR count). The van der Waals surface area contributed by atoms with Gasteiger partial charge in [-0.2, -0.15) is 0 Å². The lowest BCUT2D eigenvalue weighted by atomic mass is 10.2. The first-order valence-electron chi connectivity index (χ1n) is 5.78. The van der Waals surface area contributed by atoms with Gasteiger partial charge in [-0.15, -0.1) is 0 Å². The van der Waals surface area contributed by atoms with Gasteiger partial charge in [-0.05, 0) is 23.8 Å². The van der Waals surface area contributed by atoms with Gasteiger partial charge in [0, 0.05) is 29.9 Å². The zero-order valence-corrected chi connectivity index (χ0v) is 12.1. The third-order valence-electron chi connectivity index (χ3n) is 2.80. The first-order valence-corrected chi connectivity index (χ1v) is 6.57. The van der Waals surface area contributed by atoms with Crippen molar-refractivity contribution in [2.75, 3.05) is 11.9 Å². The van der Waals surface area contributed by atoms with E-state index >= 15 is 0 Å². The van der Waals surface area contributed by atoms with E-state index < -0.39 is 5.91 Å². The maximum Gasteiger partial charge on any atom is 0.267 e. The Hall–Kier alpha value is -1.88. The minimum atomic E-state index is -0.517. The van der Waals surface area contributed by atoms with Crippen molar-refractivity contribution < 1.29 is 4.79 Å². The molecule has 0 radical (unpaired) electrons. The molecule has 98 valence electrons. The molecular formula is C14H14BrN3O. The van der Waals surface area contributed by atoms with E-state index in [0.29, 0.717) is 0 Å². The molecule has 0 fully saturated rings. The van der Waals surface area contributed by atoms with Crippen LogP contribution in [0.5, 0.6) is 0 Å². The minimum Gasteiger partial charge on any atom is -0.370 e. The van der Waals surface area contributed by atoms with Crippen molar-refractivity contribution >= 4 is 27.5 Å². The second-order valence-electron chi connectivity index (χ2n) is 4.21. The molecule has 5 heteroatoms. The Morgan fingerprint density at radius 2 is 2.11 bits per heavy atom. The summed E-state index contributed by atoms with van der Waals surface area (Å²) in [6.07, 6.45) is 1.59. The lowest BCUT2D eigenvalue weighted by molar-refractivity contribution is 0.0995. The molecule has 0 aliphatic carbocycles. The maximum atomic E-state index is 11.1. The molecule has 0 saturated carbocycles. The van der Waals surface area contributed by atoms with Crippen molar-refractivity contribution in [3.05, 3.63) is 58.3 Å². The molecule has 4 nitrogen and oxygen atoms in total. The fraction of sp³-hybridized carbons (Fsp3) is 0.143. The van der Waals surface area contributed by atoms with Gasteiger partial charge in [0.25, 0.3) is 5.91 Å². The highest BCUT2D eigenvalue weighted by molar-refractivity contribution is 9.10. The highest BCUT2D eigenvalue weighted by atomic mass is 79.9. The van der Waals surface area contributed by atoms with Gasteiger partial charge in [0.2, 0.25) is 0 Å². The molecule has 0 saturated heterocycles. The van der Waals surface area contributed by atoms with Gasteiger partial charge in [0.15, 0.2) is 0 Å².